The average Bonchev–Trinajstić information content (AvgIpc) is 2.46. The van der Waals surface area contributed by atoms with Crippen molar-refractivity contribution in [2.24, 2.45) is 11.7 Å². The molecule has 0 aromatic carbocycles. The maximum Gasteiger partial charge on any atom is 0.222 e. The van der Waals surface area contributed by atoms with Crippen LogP contribution in [-0.4, -0.2) is 30.0 Å². The standard InChI is InChI=1S/C15H24N4O/c1-3-17-9-12-5-4-8-18-15(12)19-10-13(14(16)20)7-6-11(19)2/h4-5,8,11,13,17H,3,6-7,9-10H2,1-2H3,(H2,16,20). The fourth-order valence-corrected chi connectivity index (χ4v) is 2.72. The Balaban J connectivity index is 2.21. The molecule has 1 aromatic heterocycles. The van der Waals surface area contributed by atoms with E-state index in [9.17, 15) is 4.79 Å². The Morgan fingerprint density at radius 3 is 3.05 bits per heavy atom. The lowest BCUT2D eigenvalue weighted by Gasteiger charge is -2.38. The third-order valence-corrected chi connectivity index (χ3v) is 3.99. The molecule has 0 saturated carbocycles. The van der Waals surface area contributed by atoms with Crippen molar-refractivity contribution >= 4 is 11.7 Å². The first-order valence-electron chi connectivity index (χ1n) is 7.34. The molecule has 2 unspecified atom stereocenters. The number of amides is 1. The van der Waals surface area contributed by atoms with Crippen LogP contribution >= 0.6 is 0 Å². The van der Waals surface area contributed by atoms with E-state index in [2.05, 4.69) is 35.1 Å². The fourth-order valence-electron chi connectivity index (χ4n) is 2.72. The largest absolute Gasteiger partial charge is 0.369 e. The molecule has 5 nitrogen and oxygen atoms in total. The molecule has 0 bridgehead atoms. The van der Waals surface area contributed by atoms with Gasteiger partial charge in [-0.3, -0.25) is 4.79 Å². The number of primary amides is 1. The first-order chi connectivity index (χ1) is 9.63. The fraction of sp³-hybridized carbons (Fsp3) is 0.600. The van der Waals surface area contributed by atoms with Gasteiger partial charge in [0.15, 0.2) is 0 Å². The molecule has 1 saturated heterocycles. The minimum Gasteiger partial charge on any atom is -0.369 e. The molecule has 2 heterocycles. The quantitative estimate of drug-likeness (QED) is 0.850. The summed E-state index contributed by atoms with van der Waals surface area (Å²) < 4.78 is 0. The number of hydrogen-bond donors (Lipinski definition) is 2. The summed E-state index contributed by atoms with van der Waals surface area (Å²) in [6.07, 6.45) is 3.67. The zero-order valence-electron chi connectivity index (χ0n) is 12.3. The Labute approximate surface area is 120 Å². The number of nitrogens with one attached hydrogen (secondary N) is 1. The van der Waals surface area contributed by atoms with Crippen molar-refractivity contribution in [3.8, 4) is 0 Å². The first kappa shape index (κ1) is 14.8. The van der Waals surface area contributed by atoms with Crippen molar-refractivity contribution in [1.82, 2.24) is 10.3 Å². The monoisotopic (exact) mass is 276 g/mol. The van der Waals surface area contributed by atoms with Gasteiger partial charge in [0.1, 0.15) is 5.82 Å². The van der Waals surface area contributed by atoms with E-state index in [1.54, 1.807) is 0 Å². The van der Waals surface area contributed by atoms with Crippen molar-refractivity contribution < 1.29 is 4.79 Å². The van der Waals surface area contributed by atoms with Gasteiger partial charge in [-0.25, -0.2) is 4.98 Å². The second-order valence-corrected chi connectivity index (χ2v) is 5.44. The lowest BCUT2D eigenvalue weighted by molar-refractivity contribution is -0.122. The minimum absolute atomic E-state index is 0.0693. The van der Waals surface area contributed by atoms with Gasteiger partial charge in [-0.1, -0.05) is 13.0 Å². The van der Waals surface area contributed by atoms with Crippen molar-refractivity contribution in [3.63, 3.8) is 0 Å². The summed E-state index contributed by atoms with van der Waals surface area (Å²) in [5.41, 5.74) is 6.65. The highest BCUT2D eigenvalue weighted by atomic mass is 16.1. The maximum absolute atomic E-state index is 11.5. The van der Waals surface area contributed by atoms with Gasteiger partial charge in [-0.05, 0) is 32.4 Å². The predicted molar refractivity (Wildman–Crippen MR) is 80.3 cm³/mol. The molecule has 1 aliphatic heterocycles. The van der Waals surface area contributed by atoms with Gasteiger partial charge in [0.2, 0.25) is 5.91 Å². The summed E-state index contributed by atoms with van der Waals surface area (Å²) in [5, 5.41) is 3.33. The number of rotatable bonds is 5. The predicted octanol–water partition coefficient (Wildman–Crippen LogP) is 1.28. The minimum atomic E-state index is -0.203. The highest BCUT2D eigenvalue weighted by molar-refractivity contribution is 5.77. The number of nitrogens with two attached hydrogens (primary N) is 1. The van der Waals surface area contributed by atoms with Gasteiger partial charge in [-0.2, -0.15) is 0 Å². The number of aromatic nitrogens is 1. The van der Waals surface area contributed by atoms with Gasteiger partial charge in [0, 0.05) is 30.9 Å². The van der Waals surface area contributed by atoms with Crippen LogP contribution in [0.25, 0.3) is 0 Å². The van der Waals surface area contributed by atoms with Crippen LogP contribution in [-0.2, 0) is 11.3 Å². The summed E-state index contributed by atoms with van der Waals surface area (Å²) in [7, 11) is 0. The zero-order valence-corrected chi connectivity index (χ0v) is 12.3. The topological polar surface area (TPSA) is 71.2 Å². The van der Waals surface area contributed by atoms with E-state index >= 15 is 0 Å². The Kier molecular flexibility index (Phi) is 4.95. The summed E-state index contributed by atoms with van der Waals surface area (Å²) in [5.74, 6) is 0.707. The summed E-state index contributed by atoms with van der Waals surface area (Å²) >= 11 is 0. The number of pyridine rings is 1. The second-order valence-electron chi connectivity index (χ2n) is 5.44. The summed E-state index contributed by atoms with van der Waals surface area (Å²) in [4.78, 5) is 18.2. The molecule has 20 heavy (non-hydrogen) atoms. The molecule has 0 spiro atoms. The molecule has 1 fully saturated rings. The molecule has 1 aliphatic rings. The van der Waals surface area contributed by atoms with Crippen LogP contribution in [0.2, 0.25) is 0 Å². The second kappa shape index (κ2) is 6.70. The normalized spacial score (nSPS) is 22.8. The molecule has 0 aliphatic carbocycles. The molecule has 2 atom stereocenters. The number of hydrogen-bond acceptors (Lipinski definition) is 4. The van der Waals surface area contributed by atoms with Gasteiger partial charge < -0.3 is 16.0 Å². The molecule has 1 amide bonds. The van der Waals surface area contributed by atoms with E-state index in [1.807, 2.05) is 12.3 Å². The van der Waals surface area contributed by atoms with Crippen LogP contribution in [0, 0.1) is 5.92 Å². The van der Waals surface area contributed by atoms with Crippen LogP contribution in [0.4, 0.5) is 5.82 Å². The molecule has 5 heteroatoms. The third kappa shape index (κ3) is 3.28. The molecule has 3 N–H and O–H groups in total. The van der Waals surface area contributed by atoms with Gasteiger partial charge >= 0.3 is 0 Å². The molecule has 2 rings (SSSR count). The highest BCUT2D eigenvalue weighted by Gasteiger charge is 2.30. The van der Waals surface area contributed by atoms with Gasteiger partial charge in [0.25, 0.3) is 0 Å². The maximum atomic E-state index is 11.5. The molecule has 110 valence electrons. The van der Waals surface area contributed by atoms with E-state index in [4.69, 9.17) is 5.73 Å². The lowest BCUT2D eigenvalue weighted by Crippen LogP contribution is -2.46. The van der Waals surface area contributed by atoms with Gasteiger partial charge in [-0.15, -0.1) is 0 Å². The zero-order chi connectivity index (χ0) is 14.5. The Hall–Kier alpha value is -1.62. The van der Waals surface area contributed by atoms with E-state index < -0.39 is 0 Å². The van der Waals surface area contributed by atoms with Crippen molar-refractivity contribution in [2.75, 3.05) is 18.0 Å². The van der Waals surface area contributed by atoms with Crippen molar-refractivity contribution in [1.29, 1.82) is 0 Å². The molecular weight excluding hydrogens is 252 g/mol. The number of anilines is 1. The van der Waals surface area contributed by atoms with Crippen LogP contribution < -0.4 is 16.0 Å². The lowest BCUT2D eigenvalue weighted by atomic mass is 9.92. The van der Waals surface area contributed by atoms with E-state index in [1.165, 1.54) is 5.56 Å². The summed E-state index contributed by atoms with van der Waals surface area (Å²) in [6, 6.07) is 4.43. The van der Waals surface area contributed by atoms with Crippen LogP contribution in [0.5, 0.6) is 0 Å². The number of nitrogens with zero attached hydrogens (tertiary/aromatic N) is 2. The average molecular weight is 276 g/mol. The van der Waals surface area contributed by atoms with Gasteiger partial charge in [0.05, 0.1) is 5.92 Å². The van der Waals surface area contributed by atoms with Crippen molar-refractivity contribution in [2.45, 2.75) is 39.3 Å². The Bertz CT molecular complexity index is 463. The van der Waals surface area contributed by atoms with E-state index in [0.29, 0.717) is 12.6 Å². The number of carbonyl (C=O) groups is 1. The van der Waals surface area contributed by atoms with E-state index in [0.717, 1.165) is 31.7 Å². The molecule has 0 radical (unpaired) electrons. The molecular formula is C15H24N4O. The first-order valence-corrected chi connectivity index (χ1v) is 7.34. The Morgan fingerprint density at radius 2 is 2.35 bits per heavy atom. The third-order valence-electron chi connectivity index (χ3n) is 3.99. The smallest absolute Gasteiger partial charge is 0.222 e. The number of carbonyl (C=O) groups excluding carboxylic acids is 1. The van der Waals surface area contributed by atoms with Crippen molar-refractivity contribution in [3.05, 3.63) is 23.9 Å². The number of piperidine rings is 1. The van der Waals surface area contributed by atoms with Crippen LogP contribution in [0.3, 0.4) is 0 Å². The highest BCUT2D eigenvalue weighted by Crippen LogP contribution is 2.28. The molecule has 1 aromatic rings. The van der Waals surface area contributed by atoms with Crippen LogP contribution in [0.1, 0.15) is 32.3 Å². The van der Waals surface area contributed by atoms with Crippen LogP contribution in [0.15, 0.2) is 18.3 Å². The van der Waals surface area contributed by atoms with E-state index in [-0.39, 0.29) is 11.8 Å². The Morgan fingerprint density at radius 1 is 1.55 bits per heavy atom. The summed E-state index contributed by atoms with van der Waals surface area (Å²) in [6.45, 7) is 6.66. The SMILES string of the molecule is CCNCc1cccnc1N1CC(C(N)=O)CCC1C.